The first-order valence-corrected chi connectivity index (χ1v) is 6.30. The van der Waals surface area contributed by atoms with E-state index in [0.717, 1.165) is 30.3 Å². The molecular formula is C14H20FNO. The maximum Gasteiger partial charge on any atom is 0.124 e. The molecule has 0 heterocycles. The summed E-state index contributed by atoms with van der Waals surface area (Å²) in [7, 11) is 1.86. The number of benzene rings is 1. The molecule has 0 saturated heterocycles. The van der Waals surface area contributed by atoms with Crippen molar-refractivity contribution in [2.45, 2.75) is 32.2 Å². The molecule has 1 aromatic rings. The molecule has 94 valence electrons. The van der Waals surface area contributed by atoms with E-state index in [4.69, 9.17) is 4.74 Å². The number of hydrogen-bond donors (Lipinski definition) is 1. The molecule has 1 fully saturated rings. The molecule has 0 aliphatic heterocycles. The molecule has 17 heavy (non-hydrogen) atoms. The second-order valence-electron chi connectivity index (χ2n) is 4.77. The molecule has 1 aliphatic carbocycles. The molecule has 2 nitrogen and oxygen atoms in total. The highest BCUT2D eigenvalue weighted by atomic mass is 19.1. The highest BCUT2D eigenvalue weighted by Gasteiger charge is 2.21. The van der Waals surface area contributed by atoms with Crippen molar-refractivity contribution in [2.75, 3.05) is 13.7 Å². The lowest BCUT2D eigenvalue weighted by Gasteiger charge is -2.16. The Labute approximate surface area is 102 Å². The van der Waals surface area contributed by atoms with Gasteiger partial charge in [-0.3, -0.25) is 0 Å². The zero-order chi connectivity index (χ0) is 12.3. The molecule has 1 aliphatic rings. The minimum absolute atomic E-state index is 0.0987. The summed E-state index contributed by atoms with van der Waals surface area (Å²) < 4.78 is 19.0. The Morgan fingerprint density at radius 2 is 2.24 bits per heavy atom. The average Bonchev–Trinajstić information content (AvgIpc) is 3.14. The minimum atomic E-state index is -0.211. The van der Waals surface area contributed by atoms with E-state index in [1.165, 1.54) is 18.9 Å². The Bertz CT molecular complexity index is 376. The standard InChI is InChI=1S/C14H20FNO/c1-10(16-2)13-9-12(15)5-6-14(13)17-8-7-11-3-4-11/h5-6,9-11,16H,3-4,7-8H2,1-2H3. The first-order valence-electron chi connectivity index (χ1n) is 6.30. The van der Waals surface area contributed by atoms with Gasteiger partial charge in [0.25, 0.3) is 0 Å². The molecule has 1 unspecified atom stereocenters. The van der Waals surface area contributed by atoms with Gasteiger partial charge in [-0.15, -0.1) is 0 Å². The van der Waals surface area contributed by atoms with E-state index >= 15 is 0 Å². The Hall–Kier alpha value is -1.09. The molecule has 0 radical (unpaired) electrons. The van der Waals surface area contributed by atoms with Crippen LogP contribution >= 0.6 is 0 Å². The van der Waals surface area contributed by atoms with E-state index < -0.39 is 0 Å². The van der Waals surface area contributed by atoms with Gasteiger partial charge in [-0.1, -0.05) is 12.8 Å². The SMILES string of the molecule is CNC(C)c1cc(F)ccc1OCCC1CC1. The van der Waals surface area contributed by atoms with Crippen molar-refractivity contribution in [2.24, 2.45) is 5.92 Å². The molecule has 0 amide bonds. The summed E-state index contributed by atoms with van der Waals surface area (Å²) in [6.45, 7) is 2.74. The van der Waals surface area contributed by atoms with Crippen LogP contribution in [-0.4, -0.2) is 13.7 Å². The van der Waals surface area contributed by atoms with Gasteiger partial charge >= 0.3 is 0 Å². The summed E-state index contributed by atoms with van der Waals surface area (Å²) in [5, 5.41) is 3.11. The summed E-state index contributed by atoms with van der Waals surface area (Å²) in [4.78, 5) is 0. The predicted octanol–water partition coefficient (Wildman–Crippen LogP) is 3.29. The Morgan fingerprint density at radius 1 is 1.47 bits per heavy atom. The van der Waals surface area contributed by atoms with E-state index in [1.807, 2.05) is 14.0 Å². The van der Waals surface area contributed by atoms with Crippen LogP contribution in [0.15, 0.2) is 18.2 Å². The van der Waals surface area contributed by atoms with Gasteiger partial charge in [0.1, 0.15) is 11.6 Å². The highest BCUT2D eigenvalue weighted by Crippen LogP contribution is 2.33. The normalized spacial score (nSPS) is 16.9. The van der Waals surface area contributed by atoms with Crippen molar-refractivity contribution < 1.29 is 9.13 Å². The van der Waals surface area contributed by atoms with Gasteiger partial charge < -0.3 is 10.1 Å². The van der Waals surface area contributed by atoms with Gasteiger partial charge in [0.2, 0.25) is 0 Å². The predicted molar refractivity (Wildman–Crippen MR) is 66.7 cm³/mol. The van der Waals surface area contributed by atoms with Gasteiger partial charge in [0.15, 0.2) is 0 Å². The molecule has 1 saturated carbocycles. The third-order valence-electron chi connectivity index (χ3n) is 3.35. The molecule has 1 atom stereocenters. The van der Waals surface area contributed by atoms with Crippen LogP contribution < -0.4 is 10.1 Å². The summed E-state index contributed by atoms with van der Waals surface area (Å²) in [5.74, 6) is 1.45. The summed E-state index contributed by atoms with van der Waals surface area (Å²) in [6.07, 6.45) is 3.80. The van der Waals surface area contributed by atoms with Gasteiger partial charge in [-0.05, 0) is 44.5 Å². The quantitative estimate of drug-likeness (QED) is 0.819. The van der Waals surface area contributed by atoms with Crippen molar-refractivity contribution in [3.8, 4) is 5.75 Å². The monoisotopic (exact) mass is 237 g/mol. The van der Waals surface area contributed by atoms with Gasteiger partial charge in [-0.25, -0.2) is 4.39 Å². The van der Waals surface area contributed by atoms with Crippen molar-refractivity contribution in [1.82, 2.24) is 5.32 Å². The minimum Gasteiger partial charge on any atom is -0.493 e. The number of ether oxygens (including phenoxy) is 1. The maximum atomic E-state index is 13.2. The molecule has 0 aromatic heterocycles. The number of halogens is 1. The van der Waals surface area contributed by atoms with Crippen molar-refractivity contribution in [3.63, 3.8) is 0 Å². The fraction of sp³-hybridized carbons (Fsp3) is 0.571. The van der Waals surface area contributed by atoms with E-state index in [1.54, 1.807) is 12.1 Å². The van der Waals surface area contributed by atoms with E-state index in [0.29, 0.717) is 0 Å². The summed E-state index contributed by atoms with van der Waals surface area (Å²) in [6, 6.07) is 4.83. The first-order chi connectivity index (χ1) is 8.20. The largest absolute Gasteiger partial charge is 0.493 e. The average molecular weight is 237 g/mol. The van der Waals surface area contributed by atoms with Crippen molar-refractivity contribution in [3.05, 3.63) is 29.6 Å². The lowest BCUT2D eigenvalue weighted by atomic mass is 10.1. The third kappa shape index (κ3) is 3.43. The fourth-order valence-electron chi connectivity index (χ4n) is 1.89. The van der Waals surface area contributed by atoms with E-state index in [9.17, 15) is 4.39 Å². The van der Waals surface area contributed by atoms with Crippen molar-refractivity contribution in [1.29, 1.82) is 0 Å². The van der Waals surface area contributed by atoms with E-state index in [-0.39, 0.29) is 11.9 Å². The second kappa shape index (κ2) is 5.50. The van der Waals surface area contributed by atoms with Crippen LogP contribution in [0.2, 0.25) is 0 Å². The van der Waals surface area contributed by atoms with Crippen LogP contribution in [0.5, 0.6) is 5.75 Å². The zero-order valence-corrected chi connectivity index (χ0v) is 10.5. The smallest absolute Gasteiger partial charge is 0.124 e. The summed E-state index contributed by atoms with van der Waals surface area (Å²) in [5.41, 5.74) is 0.892. The van der Waals surface area contributed by atoms with Gasteiger partial charge in [0.05, 0.1) is 6.61 Å². The molecular weight excluding hydrogens is 217 g/mol. The first kappa shape index (κ1) is 12.4. The van der Waals surface area contributed by atoms with Crippen LogP contribution in [0.3, 0.4) is 0 Å². The maximum absolute atomic E-state index is 13.2. The summed E-state index contributed by atoms with van der Waals surface area (Å²) >= 11 is 0. The third-order valence-corrected chi connectivity index (χ3v) is 3.35. The molecule has 0 spiro atoms. The van der Waals surface area contributed by atoms with Crippen LogP contribution in [-0.2, 0) is 0 Å². The van der Waals surface area contributed by atoms with E-state index in [2.05, 4.69) is 5.32 Å². The molecule has 1 aromatic carbocycles. The lowest BCUT2D eigenvalue weighted by molar-refractivity contribution is 0.296. The van der Waals surface area contributed by atoms with Gasteiger partial charge in [-0.2, -0.15) is 0 Å². The van der Waals surface area contributed by atoms with Crippen LogP contribution in [0, 0.1) is 11.7 Å². The molecule has 2 rings (SSSR count). The fourth-order valence-corrected chi connectivity index (χ4v) is 1.89. The lowest BCUT2D eigenvalue weighted by Crippen LogP contribution is -2.14. The number of hydrogen-bond acceptors (Lipinski definition) is 2. The molecule has 3 heteroatoms. The second-order valence-corrected chi connectivity index (χ2v) is 4.77. The van der Waals surface area contributed by atoms with Gasteiger partial charge in [0, 0.05) is 11.6 Å². The zero-order valence-electron chi connectivity index (χ0n) is 10.5. The van der Waals surface area contributed by atoms with Crippen molar-refractivity contribution >= 4 is 0 Å². The number of nitrogens with one attached hydrogen (secondary N) is 1. The Morgan fingerprint density at radius 3 is 2.88 bits per heavy atom. The Balaban J connectivity index is 2.02. The molecule has 1 N–H and O–H groups in total. The number of rotatable bonds is 6. The molecule has 0 bridgehead atoms. The highest BCUT2D eigenvalue weighted by molar-refractivity contribution is 5.36. The topological polar surface area (TPSA) is 21.3 Å². The Kier molecular flexibility index (Phi) is 4.00. The van der Waals surface area contributed by atoms with Crippen LogP contribution in [0.4, 0.5) is 4.39 Å². The van der Waals surface area contributed by atoms with Crippen LogP contribution in [0.25, 0.3) is 0 Å². The van der Waals surface area contributed by atoms with Crippen LogP contribution in [0.1, 0.15) is 37.8 Å².